The maximum atomic E-state index is 11.6. The molecule has 1 heterocycles. The molecule has 0 amide bonds. The number of carbonyl (C=O) groups excluding carboxylic acids is 1. The average molecular weight is 305 g/mol. The Balaban J connectivity index is 2.26. The molecule has 0 spiro atoms. The lowest BCUT2D eigenvalue weighted by molar-refractivity contribution is 0.0594. The zero-order chi connectivity index (χ0) is 15.6. The van der Waals surface area contributed by atoms with Gasteiger partial charge in [0.2, 0.25) is 0 Å². The lowest BCUT2D eigenvalue weighted by Gasteiger charge is -2.17. The van der Waals surface area contributed by atoms with Gasteiger partial charge in [0.1, 0.15) is 0 Å². The summed E-state index contributed by atoms with van der Waals surface area (Å²) in [6.07, 6.45) is 0. The molecule has 0 atom stereocenters. The van der Waals surface area contributed by atoms with Crippen molar-refractivity contribution in [1.82, 2.24) is 4.98 Å². The third kappa shape index (κ3) is 3.33. The third-order valence-corrected chi connectivity index (χ3v) is 4.00. The maximum Gasteiger partial charge on any atom is 0.357 e. The smallest absolute Gasteiger partial charge is 0.357 e. The van der Waals surface area contributed by atoms with E-state index in [4.69, 9.17) is 4.74 Å². The molecule has 0 unspecified atom stereocenters. The Bertz CT molecular complexity index is 665. The lowest BCUT2D eigenvalue weighted by Crippen LogP contribution is -2.10. The van der Waals surface area contributed by atoms with E-state index >= 15 is 0 Å². The van der Waals surface area contributed by atoms with Crippen LogP contribution >= 0.6 is 11.3 Å². The summed E-state index contributed by atoms with van der Waals surface area (Å²) in [4.78, 5) is 18.8. The van der Waals surface area contributed by atoms with Crippen molar-refractivity contribution in [2.24, 2.45) is 0 Å². The number of carbonyl (C=O) groups is 1. The standard InChI is InChI=1S/C15H19N3O2S/c1-9-6-7-11(8-12(9)18(3)4)16-15-17-13(10(2)21-15)14(19)20-5/h6-8H,1-5H3,(H,16,17). The number of nitrogens with one attached hydrogen (secondary N) is 1. The molecular weight excluding hydrogens is 286 g/mol. The highest BCUT2D eigenvalue weighted by Crippen LogP contribution is 2.28. The first-order chi connectivity index (χ1) is 9.92. The first-order valence-corrected chi connectivity index (χ1v) is 7.34. The second-order valence-electron chi connectivity index (χ2n) is 4.94. The molecule has 6 heteroatoms. The molecule has 112 valence electrons. The zero-order valence-corrected chi connectivity index (χ0v) is 13.7. The molecule has 0 saturated carbocycles. The highest BCUT2D eigenvalue weighted by Gasteiger charge is 2.16. The third-order valence-electron chi connectivity index (χ3n) is 3.12. The number of aryl methyl sites for hydroxylation is 2. The molecule has 21 heavy (non-hydrogen) atoms. The molecule has 2 aromatic rings. The Morgan fingerprint density at radius 3 is 2.67 bits per heavy atom. The number of aromatic nitrogens is 1. The number of benzene rings is 1. The second-order valence-corrected chi connectivity index (χ2v) is 6.14. The zero-order valence-electron chi connectivity index (χ0n) is 12.9. The van der Waals surface area contributed by atoms with E-state index in [9.17, 15) is 4.79 Å². The highest BCUT2D eigenvalue weighted by atomic mass is 32.1. The van der Waals surface area contributed by atoms with Crippen molar-refractivity contribution >= 4 is 33.8 Å². The van der Waals surface area contributed by atoms with Crippen molar-refractivity contribution in [3.8, 4) is 0 Å². The van der Waals surface area contributed by atoms with Crippen LogP contribution in [0.25, 0.3) is 0 Å². The number of rotatable bonds is 4. The molecule has 5 nitrogen and oxygen atoms in total. The first-order valence-electron chi connectivity index (χ1n) is 6.53. The van der Waals surface area contributed by atoms with Crippen LogP contribution in [0.5, 0.6) is 0 Å². The van der Waals surface area contributed by atoms with Crippen molar-refractivity contribution in [2.75, 3.05) is 31.4 Å². The number of esters is 1. The number of nitrogens with zero attached hydrogens (tertiary/aromatic N) is 2. The number of hydrogen-bond acceptors (Lipinski definition) is 6. The summed E-state index contributed by atoms with van der Waals surface area (Å²) in [7, 11) is 5.38. The molecule has 1 aromatic carbocycles. The lowest BCUT2D eigenvalue weighted by atomic mass is 10.1. The van der Waals surface area contributed by atoms with E-state index in [0.29, 0.717) is 10.8 Å². The minimum absolute atomic E-state index is 0.366. The van der Waals surface area contributed by atoms with Gasteiger partial charge < -0.3 is 15.0 Å². The predicted octanol–water partition coefficient (Wildman–Crippen LogP) is 3.36. The van der Waals surface area contributed by atoms with E-state index in [0.717, 1.165) is 16.3 Å². The predicted molar refractivity (Wildman–Crippen MR) is 87.0 cm³/mol. The van der Waals surface area contributed by atoms with Gasteiger partial charge in [-0.3, -0.25) is 0 Å². The molecule has 0 saturated heterocycles. The van der Waals surface area contributed by atoms with Gasteiger partial charge in [0.15, 0.2) is 10.8 Å². The Morgan fingerprint density at radius 1 is 1.33 bits per heavy atom. The second kappa shape index (κ2) is 6.13. The fourth-order valence-corrected chi connectivity index (χ4v) is 2.85. The van der Waals surface area contributed by atoms with Gasteiger partial charge in [-0.15, -0.1) is 11.3 Å². The molecule has 0 bridgehead atoms. The van der Waals surface area contributed by atoms with E-state index in [1.165, 1.54) is 24.0 Å². The summed E-state index contributed by atoms with van der Waals surface area (Å²) in [6.45, 7) is 3.93. The number of methoxy groups -OCH3 is 1. The van der Waals surface area contributed by atoms with Crippen molar-refractivity contribution in [3.05, 3.63) is 34.3 Å². The van der Waals surface area contributed by atoms with Gasteiger partial charge in [-0.25, -0.2) is 9.78 Å². The summed E-state index contributed by atoms with van der Waals surface area (Å²) in [5, 5.41) is 3.92. The van der Waals surface area contributed by atoms with E-state index < -0.39 is 5.97 Å². The van der Waals surface area contributed by atoms with Gasteiger partial charge in [0.05, 0.1) is 7.11 Å². The molecule has 2 rings (SSSR count). The minimum atomic E-state index is -0.408. The van der Waals surface area contributed by atoms with Crippen molar-refractivity contribution in [3.63, 3.8) is 0 Å². The van der Waals surface area contributed by atoms with Crippen LogP contribution in [-0.2, 0) is 4.74 Å². The van der Waals surface area contributed by atoms with Crippen LogP contribution in [0.15, 0.2) is 18.2 Å². The summed E-state index contributed by atoms with van der Waals surface area (Å²) < 4.78 is 4.72. The van der Waals surface area contributed by atoms with Crippen LogP contribution in [0, 0.1) is 13.8 Å². The van der Waals surface area contributed by atoms with Gasteiger partial charge in [0.25, 0.3) is 0 Å². The summed E-state index contributed by atoms with van der Waals surface area (Å²) in [5.74, 6) is -0.408. The Labute approximate surface area is 128 Å². The molecule has 0 aliphatic heterocycles. The molecular formula is C15H19N3O2S. The fraction of sp³-hybridized carbons (Fsp3) is 0.333. The fourth-order valence-electron chi connectivity index (χ4n) is 2.03. The van der Waals surface area contributed by atoms with Crippen molar-refractivity contribution in [2.45, 2.75) is 13.8 Å². The normalized spacial score (nSPS) is 10.3. The largest absolute Gasteiger partial charge is 0.464 e. The molecule has 0 radical (unpaired) electrons. The van der Waals surface area contributed by atoms with Crippen LogP contribution < -0.4 is 10.2 Å². The Morgan fingerprint density at radius 2 is 2.05 bits per heavy atom. The van der Waals surface area contributed by atoms with E-state index in [1.54, 1.807) is 0 Å². The monoisotopic (exact) mass is 305 g/mol. The van der Waals surface area contributed by atoms with E-state index in [2.05, 4.69) is 34.3 Å². The van der Waals surface area contributed by atoms with Gasteiger partial charge in [-0.2, -0.15) is 0 Å². The number of anilines is 3. The maximum absolute atomic E-state index is 11.6. The summed E-state index contributed by atoms with van der Waals surface area (Å²) >= 11 is 1.43. The number of hydrogen-bond donors (Lipinski definition) is 1. The summed E-state index contributed by atoms with van der Waals surface area (Å²) in [6, 6.07) is 6.11. The van der Waals surface area contributed by atoms with Crippen LogP contribution in [0.4, 0.5) is 16.5 Å². The van der Waals surface area contributed by atoms with Crippen molar-refractivity contribution < 1.29 is 9.53 Å². The Kier molecular flexibility index (Phi) is 4.47. The first kappa shape index (κ1) is 15.3. The summed E-state index contributed by atoms with van der Waals surface area (Å²) in [5.41, 5.74) is 3.65. The minimum Gasteiger partial charge on any atom is -0.464 e. The quantitative estimate of drug-likeness (QED) is 0.878. The van der Waals surface area contributed by atoms with E-state index in [-0.39, 0.29) is 0 Å². The molecule has 1 aromatic heterocycles. The van der Waals surface area contributed by atoms with Gasteiger partial charge in [0, 0.05) is 30.3 Å². The molecule has 1 N–H and O–H groups in total. The average Bonchev–Trinajstić information content (AvgIpc) is 2.80. The Hall–Kier alpha value is -2.08. The molecule has 0 fully saturated rings. The van der Waals surface area contributed by atoms with Crippen LogP contribution in [-0.4, -0.2) is 32.2 Å². The topological polar surface area (TPSA) is 54.5 Å². The molecule has 0 aliphatic rings. The van der Waals surface area contributed by atoms with E-state index in [1.807, 2.05) is 27.1 Å². The van der Waals surface area contributed by atoms with Gasteiger partial charge in [-0.05, 0) is 31.5 Å². The van der Waals surface area contributed by atoms with Gasteiger partial charge >= 0.3 is 5.97 Å². The highest BCUT2D eigenvalue weighted by molar-refractivity contribution is 7.15. The van der Waals surface area contributed by atoms with Crippen LogP contribution in [0.1, 0.15) is 20.9 Å². The number of ether oxygens (including phenoxy) is 1. The molecule has 0 aliphatic carbocycles. The van der Waals surface area contributed by atoms with Crippen molar-refractivity contribution in [1.29, 1.82) is 0 Å². The SMILES string of the molecule is COC(=O)c1nc(Nc2ccc(C)c(N(C)C)c2)sc1C. The van der Waals surface area contributed by atoms with Crippen LogP contribution in [0.3, 0.4) is 0 Å². The van der Waals surface area contributed by atoms with Crippen LogP contribution in [0.2, 0.25) is 0 Å². The van der Waals surface area contributed by atoms with Gasteiger partial charge in [-0.1, -0.05) is 6.07 Å². The number of thiazole rings is 1.